The zero-order valence-corrected chi connectivity index (χ0v) is 20.7. The Morgan fingerprint density at radius 3 is 2.48 bits per heavy atom. The minimum Gasteiger partial charge on any atom is -0.478 e. The van der Waals surface area contributed by atoms with E-state index in [0.29, 0.717) is 17.9 Å². The maximum atomic E-state index is 13.4. The summed E-state index contributed by atoms with van der Waals surface area (Å²) in [5.41, 5.74) is 6.23. The molecule has 0 saturated heterocycles. The van der Waals surface area contributed by atoms with Crippen LogP contribution in [-0.2, 0) is 9.59 Å². The number of nitrogens with one attached hydrogen (secondary N) is 1. The summed E-state index contributed by atoms with van der Waals surface area (Å²) < 4.78 is 5.98. The van der Waals surface area contributed by atoms with Gasteiger partial charge in [0.15, 0.2) is 6.10 Å². The van der Waals surface area contributed by atoms with Crippen LogP contribution in [0.2, 0.25) is 0 Å². The van der Waals surface area contributed by atoms with Crippen molar-refractivity contribution in [3.63, 3.8) is 0 Å². The number of amides is 2. The van der Waals surface area contributed by atoms with Crippen LogP contribution in [0.3, 0.4) is 0 Å². The lowest BCUT2D eigenvalue weighted by molar-refractivity contribution is -0.129. The van der Waals surface area contributed by atoms with Gasteiger partial charge in [-0.3, -0.25) is 14.5 Å². The van der Waals surface area contributed by atoms with Crippen LogP contribution >= 0.6 is 11.3 Å². The second-order valence-corrected chi connectivity index (χ2v) is 9.66. The Morgan fingerprint density at radius 1 is 1.18 bits per heavy atom. The van der Waals surface area contributed by atoms with Crippen LogP contribution in [0, 0.1) is 27.7 Å². The fourth-order valence-corrected chi connectivity index (χ4v) is 4.94. The molecule has 2 atom stereocenters. The summed E-state index contributed by atoms with van der Waals surface area (Å²) in [5.74, 6) is 0.145. The Balaban J connectivity index is 1.71. The number of rotatable bonds is 5. The molecule has 0 bridgehead atoms. The summed E-state index contributed by atoms with van der Waals surface area (Å²) in [7, 11) is 0. The largest absolute Gasteiger partial charge is 0.478 e. The summed E-state index contributed by atoms with van der Waals surface area (Å²) in [5, 5.41) is 6.01. The number of hydrogen-bond acceptors (Lipinski definition) is 5. The van der Waals surface area contributed by atoms with Gasteiger partial charge in [-0.1, -0.05) is 24.6 Å². The highest BCUT2D eigenvalue weighted by Gasteiger charge is 2.39. The molecule has 2 heterocycles. The number of aryl methyl sites for hydroxylation is 4. The minimum atomic E-state index is -0.721. The van der Waals surface area contributed by atoms with Crippen LogP contribution < -0.4 is 15.0 Å². The van der Waals surface area contributed by atoms with Crippen LogP contribution in [0.1, 0.15) is 42.0 Å². The number of ether oxygens (including phenoxy) is 1. The molecule has 2 aromatic carbocycles. The lowest BCUT2D eigenvalue weighted by Crippen LogP contribution is -2.53. The highest BCUT2D eigenvalue weighted by Crippen LogP contribution is 2.39. The van der Waals surface area contributed by atoms with Gasteiger partial charge in [-0.05, 0) is 70.4 Å². The predicted octanol–water partition coefficient (Wildman–Crippen LogP) is 5.57. The molecule has 1 aromatic heterocycles. The van der Waals surface area contributed by atoms with Gasteiger partial charge in [-0.15, -0.1) is 11.3 Å². The van der Waals surface area contributed by atoms with Crippen molar-refractivity contribution in [3.05, 3.63) is 57.4 Å². The monoisotopic (exact) mass is 463 g/mol. The standard InChI is InChI=1S/C26H29N3O3S/c1-7-22-26(31)29(17(5)25(30)28-24-15(3)10-14(2)11-16(24)4)21-12-19(8-9-23(21)32-22)20-13-33-18(6)27-20/h8-13,17,22H,7H2,1-6H3,(H,28,30). The fraction of sp³-hybridized carbons (Fsp3) is 0.346. The molecule has 0 spiro atoms. The average molecular weight is 464 g/mol. The third kappa shape index (κ3) is 4.37. The molecule has 2 amide bonds. The average Bonchev–Trinajstić information content (AvgIpc) is 3.21. The normalized spacial score (nSPS) is 16.2. The van der Waals surface area contributed by atoms with Crippen molar-refractivity contribution in [2.45, 2.75) is 60.1 Å². The minimum absolute atomic E-state index is 0.211. The van der Waals surface area contributed by atoms with Crippen molar-refractivity contribution in [3.8, 4) is 17.0 Å². The van der Waals surface area contributed by atoms with Crippen molar-refractivity contribution in [2.75, 3.05) is 10.2 Å². The van der Waals surface area contributed by atoms with Gasteiger partial charge in [0.05, 0.1) is 16.4 Å². The molecule has 1 N–H and O–H groups in total. The lowest BCUT2D eigenvalue weighted by atomic mass is 10.0. The van der Waals surface area contributed by atoms with E-state index in [-0.39, 0.29) is 11.8 Å². The van der Waals surface area contributed by atoms with E-state index in [1.54, 1.807) is 23.2 Å². The van der Waals surface area contributed by atoms with Crippen molar-refractivity contribution in [1.82, 2.24) is 4.98 Å². The van der Waals surface area contributed by atoms with E-state index in [1.165, 1.54) is 0 Å². The number of aromatic nitrogens is 1. The first-order chi connectivity index (χ1) is 15.7. The molecule has 33 heavy (non-hydrogen) atoms. The first-order valence-electron chi connectivity index (χ1n) is 11.1. The Morgan fingerprint density at radius 2 is 1.88 bits per heavy atom. The molecule has 0 radical (unpaired) electrons. The molecule has 7 heteroatoms. The van der Waals surface area contributed by atoms with Crippen LogP contribution in [0.25, 0.3) is 11.3 Å². The quantitative estimate of drug-likeness (QED) is 0.537. The molecular formula is C26H29N3O3S. The van der Waals surface area contributed by atoms with Gasteiger partial charge in [0.25, 0.3) is 5.91 Å². The number of thiazole rings is 1. The van der Waals surface area contributed by atoms with Crippen molar-refractivity contribution < 1.29 is 14.3 Å². The Labute approximate surface area is 198 Å². The van der Waals surface area contributed by atoms with Crippen LogP contribution in [0.15, 0.2) is 35.7 Å². The molecule has 1 aliphatic heterocycles. The molecule has 3 aromatic rings. The van der Waals surface area contributed by atoms with Crippen molar-refractivity contribution in [1.29, 1.82) is 0 Å². The predicted molar refractivity (Wildman–Crippen MR) is 133 cm³/mol. The van der Waals surface area contributed by atoms with E-state index in [0.717, 1.165) is 38.6 Å². The van der Waals surface area contributed by atoms with E-state index in [4.69, 9.17) is 4.74 Å². The summed E-state index contributed by atoms with van der Waals surface area (Å²) in [6.07, 6.45) is -0.102. The zero-order chi connectivity index (χ0) is 23.9. The number of fused-ring (bicyclic) bond motifs is 1. The first kappa shape index (κ1) is 23.0. The van der Waals surface area contributed by atoms with Crippen LogP contribution in [-0.4, -0.2) is 28.9 Å². The third-order valence-corrected chi connectivity index (χ3v) is 6.75. The SMILES string of the molecule is CCC1Oc2ccc(-c3csc(C)n3)cc2N(C(C)C(=O)Nc2c(C)cc(C)cc2C)C1=O. The molecular weight excluding hydrogens is 434 g/mol. The van der Waals surface area contributed by atoms with E-state index in [9.17, 15) is 9.59 Å². The Hall–Kier alpha value is -3.19. The van der Waals surface area contributed by atoms with Gasteiger partial charge in [-0.2, -0.15) is 0 Å². The first-order valence-corrected chi connectivity index (χ1v) is 12.0. The summed E-state index contributed by atoms with van der Waals surface area (Å²) in [6, 6.07) is 9.05. The van der Waals surface area contributed by atoms with Crippen LogP contribution in [0.4, 0.5) is 11.4 Å². The second-order valence-electron chi connectivity index (χ2n) is 8.60. The Bertz CT molecular complexity index is 1210. The number of carbonyl (C=O) groups is 2. The molecule has 2 unspecified atom stereocenters. The number of hydrogen-bond donors (Lipinski definition) is 1. The number of anilines is 2. The topological polar surface area (TPSA) is 71.5 Å². The van der Waals surface area contributed by atoms with E-state index in [1.807, 2.05) is 70.3 Å². The van der Waals surface area contributed by atoms with Crippen molar-refractivity contribution >= 4 is 34.5 Å². The highest BCUT2D eigenvalue weighted by atomic mass is 32.1. The van der Waals surface area contributed by atoms with Crippen molar-refractivity contribution in [2.24, 2.45) is 0 Å². The van der Waals surface area contributed by atoms with E-state index < -0.39 is 12.1 Å². The molecule has 4 rings (SSSR count). The maximum absolute atomic E-state index is 13.4. The Kier molecular flexibility index (Phi) is 6.26. The van der Waals surface area contributed by atoms with Crippen LogP contribution in [0.5, 0.6) is 5.75 Å². The lowest BCUT2D eigenvalue weighted by Gasteiger charge is -2.37. The second kappa shape index (κ2) is 8.98. The van der Waals surface area contributed by atoms with E-state index in [2.05, 4.69) is 10.3 Å². The zero-order valence-electron chi connectivity index (χ0n) is 19.9. The van der Waals surface area contributed by atoms with Gasteiger partial charge in [0, 0.05) is 16.6 Å². The summed E-state index contributed by atoms with van der Waals surface area (Å²) in [6.45, 7) is 11.6. The maximum Gasteiger partial charge on any atom is 0.268 e. The molecule has 0 aliphatic carbocycles. The summed E-state index contributed by atoms with van der Waals surface area (Å²) in [4.78, 5) is 32.8. The number of benzene rings is 2. The van der Waals surface area contributed by atoms with Gasteiger partial charge in [-0.25, -0.2) is 4.98 Å². The van der Waals surface area contributed by atoms with Gasteiger partial charge >= 0.3 is 0 Å². The van der Waals surface area contributed by atoms with Gasteiger partial charge in [0.1, 0.15) is 11.8 Å². The van der Waals surface area contributed by atoms with Gasteiger partial charge in [0.2, 0.25) is 5.91 Å². The van der Waals surface area contributed by atoms with Gasteiger partial charge < -0.3 is 10.1 Å². The molecule has 0 saturated carbocycles. The highest BCUT2D eigenvalue weighted by molar-refractivity contribution is 7.09. The molecule has 6 nitrogen and oxygen atoms in total. The molecule has 0 fully saturated rings. The van der Waals surface area contributed by atoms with E-state index >= 15 is 0 Å². The smallest absolute Gasteiger partial charge is 0.268 e. The third-order valence-electron chi connectivity index (χ3n) is 5.98. The number of nitrogens with zero attached hydrogens (tertiary/aromatic N) is 2. The summed E-state index contributed by atoms with van der Waals surface area (Å²) >= 11 is 1.57. The molecule has 172 valence electrons. The number of carbonyl (C=O) groups excluding carboxylic acids is 2. The fourth-order valence-electron chi connectivity index (χ4n) is 4.32. The molecule has 1 aliphatic rings.